The van der Waals surface area contributed by atoms with Gasteiger partial charge in [0.05, 0.1) is 11.8 Å². The smallest absolute Gasteiger partial charge is 0.222 e. The summed E-state index contributed by atoms with van der Waals surface area (Å²) in [5.74, 6) is 2.50. The highest BCUT2D eigenvalue weighted by Crippen LogP contribution is 2.23. The molecule has 0 bridgehead atoms. The number of likely N-dealkylation sites (tertiary alicyclic amines) is 1. The molecule has 0 saturated carbocycles. The maximum absolute atomic E-state index is 11.7. The van der Waals surface area contributed by atoms with Crippen molar-refractivity contribution in [2.45, 2.75) is 13.0 Å². The lowest BCUT2D eigenvalue weighted by molar-refractivity contribution is -0.126. The summed E-state index contributed by atoms with van der Waals surface area (Å²) in [6, 6.07) is 3.63. The molecule has 1 unspecified atom stereocenters. The highest BCUT2D eigenvalue weighted by molar-refractivity contribution is 5.78. The van der Waals surface area contributed by atoms with E-state index in [1.165, 1.54) is 0 Å². The zero-order chi connectivity index (χ0) is 16.5. The summed E-state index contributed by atoms with van der Waals surface area (Å²) in [6.07, 6.45) is 9.36. The summed E-state index contributed by atoms with van der Waals surface area (Å²) in [5, 5.41) is 0. The van der Waals surface area contributed by atoms with E-state index in [4.69, 9.17) is 4.42 Å². The highest BCUT2D eigenvalue weighted by atomic mass is 16.3. The number of rotatable bonds is 4. The lowest BCUT2D eigenvalue weighted by Gasteiger charge is -2.13. The Morgan fingerprint density at radius 1 is 1.29 bits per heavy atom. The second-order valence-corrected chi connectivity index (χ2v) is 6.02. The van der Waals surface area contributed by atoms with Gasteiger partial charge in [-0.15, -0.1) is 0 Å². The fourth-order valence-electron chi connectivity index (χ4n) is 3.05. The Hall–Kier alpha value is -2.96. The predicted octanol–water partition coefficient (Wildman–Crippen LogP) is 2.08. The normalized spacial score (nSPS) is 17.6. The van der Waals surface area contributed by atoms with E-state index in [-0.39, 0.29) is 5.91 Å². The molecule has 7 nitrogen and oxygen atoms in total. The number of amides is 1. The van der Waals surface area contributed by atoms with Gasteiger partial charge in [-0.2, -0.15) is 0 Å². The molecule has 1 atom stereocenters. The summed E-state index contributed by atoms with van der Waals surface area (Å²) in [5.41, 5.74) is 0.841. The number of carbonyl (C=O) groups excluding carboxylic acids is 1. The van der Waals surface area contributed by atoms with Crippen LogP contribution in [0.15, 0.2) is 47.6 Å². The Kier molecular flexibility index (Phi) is 3.60. The van der Waals surface area contributed by atoms with Gasteiger partial charge in [0.15, 0.2) is 11.6 Å². The van der Waals surface area contributed by atoms with E-state index in [0.717, 1.165) is 24.5 Å². The highest BCUT2D eigenvalue weighted by Gasteiger charge is 2.27. The zero-order valence-electron chi connectivity index (χ0n) is 13.3. The van der Waals surface area contributed by atoms with Crippen molar-refractivity contribution < 1.29 is 9.21 Å². The van der Waals surface area contributed by atoms with Crippen LogP contribution in [0.1, 0.15) is 6.42 Å². The SMILES string of the molecule is CN1CC(Cn2ccnc2-c2cnc(-c3ccco3)nc2)CC1=O. The summed E-state index contributed by atoms with van der Waals surface area (Å²) in [6.45, 7) is 1.54. The first-order valence-electron chi connectivity index (χ1n) is 7.82. The Balaban J connectivity index is 1.55. The molecular formula is C17H17N5O2. The third kappa shape index (κ3) is 2.68. The molecule has 0 spiro atoms. The molecule has 4 heterocycles. The second kappa shape index (κ2) is 5.92. The minimum atomic E-state index is 0.202. The minimum Gasteiger partial charge on any atom is -0.461 e. The third-order valence-electron chi connectivity index (χ3n) is 4.24. The monoisotopic (exact) mass is 323 g/mol. The number of aromatic nitrogens is 4. The molecule has 1 saturated heterocycles. The molecule has 7 heteroatoms. The molecule has 0 aromatic carbocycles. The maximum atomic E-state index is 11.7. The van der Waals surface area contributed by atoms with Crippen molar-refractivity contribution in [1.82, 2.24) is 24.4 Å². The van der Waals surface area contributed by atoms with Gasteiger partial charge >= 0.3 is 0 Å². The molecule has 1 aliphatic heterocycles. The number of hydrogen-bond acceptors (Lipinski definition) is 5. The first-order chi connectivity index (χ1) is 11.7. The van der Waals surface area contributed by atoms with Crippen LogP contribution in [0.3, 0.4) is 0 Å². The van der Waals surface area contributed by atoms with Crippen LogP contribution in [0.4, 0.5) is 0 Å². The van der Waals surface area contributed by atoms with Gasteiger partial charge in [0.25, 0.3) is 0 Å². The van der Waals surface area contributed by atoms with Crippen molar-refractivity contribution in [3.8, 4) is 23.0 Å². The van der Waals surface area contributed by atoms with Gasteiger partial charge in [-0.1, -0.05) is 0 Å². The predicted molar refractivity (Wildman–Crippen MR) is 86.7 cm³/mol. The van der Waals surface area contributed by atoms with Gasteiger partial charge < -0.3 is 13.9 Å². The van der Waals surface area contributed by atoms with Crippen LogP contribution in [0.25, 0.3) is 23.0 Å². The first-order valence-corrected chi connectivity index (χ1v) is 7.82. The Labute approximate surface area is 139 Å². The topological polar surface area (TPSA) is 77.1 Å². The number of imidazole rings is 1. The number of furan rings is 1. The van der Waals surface area contributed by atoms with Crippen LogP contribution in [0.5, 0.6) is 0 Å². The molecule has 122 valence electrons. The largest absolute Gasteiger partial charge is 0.461 e. The molecule has 3 aromatic heterocycles. The fourth-order valence-corrected chi connectivity index (χ4v) is 3.05. The molecule has 1 fully saturated rings. The number of hydrogen-bond donors (Lipinski definition) is 0. The molecule has 3 aromatic rings. The van der Waals surface area contributed by atoms with Crippen molar-refractivity contribution in [2.75, 3.05) is 13.6 Å². The zero-order valence-corrected chi connectivity index (χ0v) is 13.3. The van der Waals surface area contributed by atoms with Crippen LogP contribution < -0.4 is 0 Å². The van der Waals surface area contributed by atoms with Crippen molar-refractivity contribution in [2.24, 2.45) is 5.92 Å². The van der Waals surface area contributed by atoms with Crippen molar-refractivity contribution in [3.63, 3.8) is 0 Å². The average molecular weight is 323 g/mol. The van der Waals surface area contributed by atoms with Gasteiger partial charge in [-0.05, 0) is 12.1 Å². The first kappa shape index (κ1) is 14.6. The summed E-state index contributed by atoms with van der Waals surface area (Å²) < 4.78 is 7.36. The van der Waals surface area contributed by atoms with Crippen molar-refractivity contribution in [1.29, 1.82) is 0 Å². The molecule has 4 rings (SSSR count). The third-order valence-corrected chi connectivity index (χ3v) is 4.24. The van der Waals surface area contributed by atoms with Crippen LogP contribution in [-0.4, -0.2) is 43.9 Å². The van der Waals surface area contributed by atoms with E-state index in [1.54, 1.807) is 35.8 Å². The van der Waals surface area contributed by atoms with Crippen LogP contribution >= 0.6 is 0 Å². The van der Waals surface area contributed by atoms with Crippen LogP contribution in [0, 0.1) is 5.92 Å². The molecule has 0 N–H and O–H groups in total. The van der Waals surface area contributed by atoms with E-state index in [0.29, 0.717) is 23.9 Å². The standard InChI is InChI=1S/C17H17N5O2/c1-21-10-12(7-15(21)23)11-22-5-4-18-17(22)13-8-19-16(20-9-13)14-3-2-6-24-14/h2-6,8-9,12H,7,10-11H2,1H3. The lowest BCUT2D eigenvalue weighted by atomic mass is 10.1. The molecule has 0 radical (unpaired) electrons. The van der Waals surface area contributed by atoms with E-state index in [9.17, 15) is 4.79 Å². The number of carbonyl (C=O) groups is 1. The maximum Gasteiger partial charge on any atom is 0.222 e. The van der Waals surface area contributed by atoms with Gasteiger partial charge in [0.1, 0.15) is 5.82 Å². The molecule has 1 amide bonds. The summed E-state index contributed by atoms with van der Waals surface area (Å²) in [7, 11) is 1.85. The molecule has 24 heavy (non-hydrogen) atoms. The van der Waals surface area contributed by atoms with Gasteiger partial charge in [-0.3, -0.25) is 4.79 Å². The van der Waals surface area contributed by atoms with Crippen molar-refractivity contribution in [3.05, 3.63) is 43.2 Å². The van der Waals surface area contributed by atoms with Gasteiger partial charge in [-0.25, -0.2) is 15.0 Å². The van der Waals surface area contributed by atoms with Crippen molar-refractivity contribution >= 4 is 5.91 Å². The molecule has 1 aliphatic rings. The quantitative estimate of drug-likeness (QED) is 0.734. The van der Waals surface area contributed by atoms with E-state index in [1.807, 2.05) is 19.3 Å². The minimum absolute atomic E-state index is 0.202. The van der Waals surface area contributed by atoms with Gasteiger partial charge in [0, 0.05) is 57.3 Å². The van der Waals surface area contributed by atoms with E-state index < -0.39 is 0 Å². The summed E-state index contributed by atoms with van der Waals surface area (Å²) in [4.78, 5) is 26.6. The Morgan fingerprint density at radius 2 is 2.12 bits per heavy atom. The van der Waals surface area contributed by atoms with E-state index >= 15 is 0 Å². The van der Waals surface area contributed by atoms with Crippen LogP contribution in [0.2, 0.25) is 0 Å². The summed E-state index contributed by atoms with van der Waals surface area (Å²) >= 11 is 0. The van der Waals surface area contributed by atoms with Gasteiger partial charge in [0.2, 0.25) is 5.91 Å². The average Bonchev–Trinajstić information content (AvgIpc) is 3.31. The number of nitrogens with zero attached hydrogens (tertiary/aromatic N) is 5. The van der Waals surface area contributed by atoms with Crippen LogP contribution in [-0.2, 0) is 11.3 Å². The Bertz CT molecular complexity index is 838. The second-order valence-electron chi connectivity index (χ2n) is 6.02. The molecule has 0 aliphatic carbocycles. The van der Waals surface area contributed by atoms with E-state index in [2.05, 4.69) is 19.5 Å². The Morgan fingerprint density at radius 3 is 2.79 bits per heavy atom. The fraction of sp³-hybridized carbons (Fsp3) is 0.294. The lowest BCUT2D eigenvalue weighted by Crippen LogP contribution is -2.20. The molecular weight excluding hydrogens is 306 g/mol.